The first-order valence-electron chi connectivity index (χ1n) is 6.84. The third kappa shape index (κ3) is 3.78. The number of fused-ring (bicyclic) bond motifs is 1. The Balaban J connectivity index is 1.96. The van der Waals surface area contributed by atoms with Gasteiger partial charge in [-0.15, -0.1) is 0 Å². The molecule has 0 aromatic heterocycles. The molecule has 0 aliphatic carbocycles. The van der Waals surface area contributed by atoms with Crippen molar-refractivity contribution < 1.29 is 9.53 Å². The summed E-state index contributed by atoms with van der Waals surface area (Å²) in [5.74, 6) is 0.0641. The lowest BCUT2D eigenvalue weighted by Crippen LogP contribution is -2.44. The fourth-order valence-corrected chi connectivity index (χ4v) is 2.39. The standard InChI is InChI=1S/C15H22N2O2/c1-11(9-10-19-2)16-14-8-7-12-5-3-4-6-13(12)17-15(14)18/h3-6,11,14,16H,7-10H2,1-2H3,(H,17,18). The fourth-order valence-electron chi connectivity index (χ4n) is 2.39. The molecule has 2 atom stereocenters. The van der Waals surface area contributed by atoms with Crippen LogP contribution in [0.1, 0.15) is 25.3 Å². The Morgan fingerprint density at radius 3 is 3.05 bits per heavy atom. The number of carbonyl (C=O) groups excluding carboxylic acids is 1. The number of nitrogens with one attached hydrogen (secondary N) is 2. The van der Waals surface area contributed by atoms with E-state index in [1.807, 2.05) is 18.2 Å². The van der Waals surface area contributed by atoms with Gasteiger partial charge in [0.05, 0.1) is 6.04 Å². The van der Waals surface area contributed by atoms with E-state index in [1.165, 1.54) is 5.56 Å². The van der Waals surface area contributed by atoms with Crippen LogP contribution in [0, 0.1) is 0 Å². The van der Waals surface area contributed by atoms with E-state index in [0.29, 0.717) is 6.61 Å². The molecule has 2 N–H and O–H groups in total. The number of carbonyl (C=O) groups is 1. The largest absolute Gasteiger partial charge is 0.385 e. The summed E-state index contributed by atoms with van der Waals surface area (Å²) in [6, 6.07) is 8.15. The molecule has 0 fully saturated rings. The number of anilines is 1. The second-order valence-electron chi connectivity index (χ2n) is 5.09. The number of hydrogen-bond donors (Lipinski definition) is 2. The molecule has 1 aromatic rings. The smallest absolute Gasteiger partial charge is 0.241 e. The summed E-state index contributed by atoms with van der Waals surface area (Å²) in [7, 11) is 1.70. The van der Waals surface area contributed by atoms with Gasteiger partial charge in [-0.1, -0.05) is 18.2 Å². The molecule has 0 radical (unpaired) electrons. The Labute approximate surface area is 114 Å². The lowest BCUT2D eigenvalue weighted by Gasteiger charge is -2.20. The first-order chi connectivity index (χ1) is 9.20. The van der Waals surface area contributed by atoms with Crippen LogP contribution in [-0.4, -0.2) is 31.7 Å². The molecule has 0 saturated heterocycles. The maximum Gasteiger partial charge on any atom is 0.241 e. The van der Waals surface area contributed by atoms with E-state index in [1.54, 1.807) is 7.11 Å². The lowest BCUT2D eigenvalue weighted by molar-refractivity contribution is -0.118. The maximum absolute atomic E-state index is 12.2. The molecule has 19 heavy (non-hydrogen) atoms. The fraction of sp³-hybridized carbons (Fsp3) is 0.533. The molecule has 1 aliphatic heterocycles. The topological polar surface area (TPSA) is 50.4 Å². The summed E-state index contributed by atoms with van der Waals surface area (Å²) in [6.45, 7) is 2.80. The first kappa shape index (κ1) is 14.0. The highest BCUT2D eigenvalue weighted by atomic mass is 16.5. The molecule has 1 aliphatic rings. The normalized spacial score (nSPS) is 20.3. The summed E-state index contributed by atoms with van der Waals surface area (Å²) in [4.78, 5) is 12.2. The van der Waals surface area contributed by atoms with E-state index in [4.69, 9.17) is 4.74 Å². The van der Waals surface area contributed by atoms with Crippen molar-refractivity contribution in [3.05, 3.63) is 29.8 Å². The quantitative estimate of drug-likeness (QED) is 0.853. The highest BCUT2D eigenvalue weighted by Gasteiger charge is 2.24. The van der Waals surface area contributed by atoms with E-state index in [-0.39, 0.29) is 18.0 Å². The van der Waals surface area contributed by atoms with Gasteiger partial charge in [-0.2, -0.15) is 0 Å². The molecule has 1 amide bonds. The van der Waals surface area contributed by atoms with E-state index >= 15 is 0 Å². The van der Waals surface area contributed by atoms with E-state index < -0.39 is 0 Å². The van der Waals surface area contributed by atoms with Crippen LogP contribution in [0.3, 0.4) is 0 Å². The highest BCUT2D eigenvalue weighted by molar-refractivity contribution is 5.96. The lowest BCUT2D eigenvalue weighted by atomic mass is 10.1. The number of amides is 1. The molecule has 4 heteroatoms. The van der Waals surface area contributed by atoms with Gasteiger partial charge in [-0.05, 0) is 37.8 Å². The van der Waals surface area contributed by atoms with Gasteiger partial charge < -0.3 is 15.4 Å². The average molecular weight is 262 g/mol. The number of rotatable bonds is 5. The van der Waals surface area contributed by atoms with Crippen molar-refractivity contribution in [1.82, 2.24) is 5.32 Å². The van der Waals surface area contributed by atoms with Crippen LogP contribution in [0.2, 0.25) is 0 Å². The molecular formula is C15H22N2O2. The predicted octanol–water partition coefficient (Wildman–Crippen LogP) is 1.95. The van der Waals surface area contributed by atoms with Crippen molar-refractivity contribution in [3.63, 3.8) is 0 Å². The molecule has 2 unspecified atom stereocenters. The Morgan fingerprint density at radius 2 is 2.26 bits per heavy atom. The zero-order valence-electron chi connectivity index (χ0n) is 11.6. The van der Waals surface area contributed by atoms with Gasteiger partial charge >= 0.3 is 0 Å². The summed E-state index contributed by atoms with van der Waals surface area (Å²) in [6.07, 6.45) is 2.66. The molecule has 1 aromatic carbocycles. The van der Waals surface area contributed by atoms with E-state index in [0.717, 1.165) is 24.9 Å². The number of methoxy groups -OCH3 is 1. The van der Waals surface area contributed by atoms with Crippen molar-refractivity contribution in [2.45, 2.75) is 38.3 Å². The van der Waals surface area contributed by atoms with Crippen molar-refractivity contribution in [1.29, 1.82) is 0 Å². The number of para-hydroxylation sites is 1. The Kier molecular flexibility index (Phi) is 4.93. The summed E-state index contributed by atoms with van der Waals surface area (Å²) >= 11 is 0. The Morgan fingerprint density at radius 1 is 1.47 bits per heavy atom. The highest BCUT2D eigenvalue weighted by Crippen LogP contribution is 2.21. The minimum atomic E-state index is -0.126. The van der Waals surface area contributed by atoms with Gasteiger partial charge in [0.1, 0.15) is 0 Å². The van der Waals surface area contributed by atoms with Crippen molar-refractivity contribution >= 4 is 11.6 Å². The van der Waals surface area contributed by atoms with Crippen LogP contribution < -0.4 is 10.6 Å². The van der Waals surface area contributed by atoms with E-state index in [9.17, 15) is 4.79 Å². The summed E-state index contributed by atoms with van der Waals surface area (Å²) in [5.41, 5.74) is 2.16. The second-order valence-corrected chi connectivity index (χ2v) is 5.09. The van der Waals surface area contributed by atoms with Crippen molar-refractivity contribution in [3.8, 4) is 0 Å². The van der Waals surface area contributed by atoms with Crippen LogP contribution in [0.25, 0.3) is 0 Å². The van der Waals surface area contributed by atoms with Crippen molar-refractivity contribution in [2.24, 2.45) is 0 Å². The molecule has 2 rings (SSSR count). The van der Waals surface area contributed by atoms with E-state index in [2.05, 4.69) is 23.6 Å². The molecule has 4 nitrogen and oxygen atoms in total. The number of aryl methyl sites for hydroxylation is 1. The summed E-state index contributed by atoms with van der Waals surface area (Å²) < 4.78 is 5.06. The van der Waals surface area contributed by atoms with Gasteiger partial charge in [0.15, 0.2) is 0 Å². The van der Waals surface area contributed by atoms with Crippen LogP contribution in [0.4, 0.5) is 5.69 Å². The predicted molar refractivity (Wildman–Crippen MR) is 76.3 cm³/mol. The van der Waals surface area contributed by atoms with Crippen molar-refractivity contribution in [2.75, 3.05) is 19.0 Å². The number of ether oxygens (including phenoxy) is 1. The first-order valence-corrected chi connectivity index (χ1v) is 6.84. The van der Waals surface area contributed by atoms with Crippen LogP contribution in [0.15, 0.2) is 24.3 Å². The summed E-state index contributed by atoms with van der Waals surface area (Å²) in [5, 5.41) is 6.39. The van der Waals surface area contributed by atoms with Gasteiger partial charge in [0.25, 0.3) is 0 Å². The molecule has 104 valence electrons. The third-order valence-corrected chi connectivity index (χ3v) is 3.53. The van der Waals surface area contributed by atoms with Gasteiger partial charge in [-0.3, -0.25) is 4.79 Å². The van der Waals surface area contributed by atoms with Gasteiger partial charge in [0.2, 0.25) is 5.91 Å². The van der Waals surface area contributed by atoms with Crippen LogP contribution >= 0.6 is 0 Å². The molecule has 1 heterocycles. The number of benzene rings is 1. The third-order valence-electron chi connectivity index (χ3n) is 3.53. The zero-order valence-corrected chi connectivity index (χ0v) is 11.6. The molecule has 0 spiro atoms. The maximum atomic E-state index is 12.2. The molecular weight excluding hydrogens is 240 g/mol. The monoisotopic (exact) mass is 262 g/mol. The van der Waals surface area contributed by atoms with Gasteiger partial charge in [-0.25, -0.2) is 0 Å². The minimum Gasteiger partial charge on any atom is -0.385 e. The Bertz CT molecular complexity index is 434. The minimum absolute atomic E-state index is 0.0641. The van der Waals surface area contributed by atoms with Crippen LogP contribution in [-0.2, 0) is 16.0 Å². The zero-order chi connectivity index (χ0) is 13.7. The number of hydrogen-bond acceptors (Lipinski definition) is 3. The SMILES string of the molecule is COCCC(C)NC1CCc2ccccc2NC1=O. The van der Waals surface area contributed by atoms with Crippen LogP contribution in [0.5, 0.6) is 0 Å². The average Bonchev–Trinajstić information content (AvgIpc) is 2.56. The second kappa shape index (κ2) is 6.68. The Hall–Kier alpha value is -1.39. The van der Waals surface area contributed by atoms with Gasteiger partial charge in [0, 0.05) is 25.4 Å². The molecule has 0 bridgehead atoms. The molecule has 0 saturated carbocycles.